The zero-order valence-electron chi connectivity index (χ0n) is 53.3. The summed E-state index contributed by atoms with van der Waals surface area (Å²) >= 11 is 0. The molecule has 0 aliphatic rings. The monoisotopic (exact) mass is 1140 g/mol. The van der Waals surface area contributed by atoms with Crippen molar-refractivity contribution in [2.24, 2.45) is 0 Å². The predicted octanol–water partition coefficient (Wildman–Crippen LogP) is 21.2. The van der Waals surface area contributed by atoms with E-state index in [0.717, 1.165) is 83.5 Å². The van der Waals surface area contributed by atoms with E-state index >= 15 is 0 Å². The van der Waals surface area contributed by atoms with Crippen LogP contribution in [0, 0.1) is 0 Å². The van der Waals surface area contributed by atoms with Crippen molar-refractivity contribution in [3.05, 3.63) is 72.9 Å². The molecule has 0 aromatic carbocycles. The highest BCUT2D eigenvalue weighted by Gasteiger charge is 2.30. The highest BCUT2D eigenvalue weighted by molar-refractivity contribution is 7.47. The summed E-state index contributed by atoms with van der Waals surface area (Å²) < 4.78 is 30.7. The molecule has 0 aliphatic carbocycles. The molecule has 10 heteroatoms. The molecule has 0 saturated heterocycles. The molecule has 3 atom stereocenters. The van der Waals surface area contributed by atoms with E-state index < -0.39 is 20.0 Å². The number of nitrogens with zero attached hydrogens (tertiary/aromatic N) is 1. The normalized spacial score (nSPS) is 14.0. The number of allylic oxidation sites excluding steroid dienone is 11. The molecule has 3 unspecified atom stereocenters. The van der Waals surface area contributed by atoms with Crippen molar-refractivity contribution in [3.63, 3.8) is 0 Å². The van der Waals surface area contributed by atoms with Crippen LogP contribution < -0.4 is 5.32 Å². The van der Waals surface area contributed by atoms with Gasteiger partial charge in [0, 0.05) is 12.8 Å². The lowest BCUT2D eigenvalue weighted by Crippen LogP contribution is -2.47. The van der Waals surface area contributed by atoms with Gasteiger partial charge in [-0.3, -0.25) is 18.6 Å². The van der Waals surface area contributed by atoms with E-state index in [0.29, 0.717) is 23.9 Å². The number of rotatable bonds is 61. The molecule has 9 nitrogen and oxygen atoms in total. The van der Waals surface area contributed by atoms with Crippen LogP contribution in [0.2, 0.25) is 0 Å². The van der Waals surface area contributed by atoms with Crippen LogP contribution >= 0.6 is 7.82 Å². The summed E-state index contributed by atoms with van der Waals surface area (Å²) in [5.74, 6) is -0.523. The first-order valence-electron chi connectivity index (χ1n) is 33.8. The van der Waals surface area contributed by atoms with E-state index in [1.807, 2.05) is 33.3 Å². The molecule has 1 amide bonds. The Labute approximate surface area is 495 Å². The van der Waals surface area contributed by atoms with Crippen LogP contribution in [0.1, 0.15) is 310 Å². The number of phosphoric ester groups is 1. The summed E-state index contributed by atoms with van der Waals surface area (Å²) in [4.78, 5) is 37.8. The number of phosphoric acid groups is 1. The number of amides is 1. The summed E-state index contributed by atoms with van der Waals surface area (Å²) in [6.07, 6.45) is 77.6. The number of nitrogens with one attached hydrogen (secondary N) is 1. The largest absolute Gasteiger partial charge is 0.472 e. The van der Waals surface area contributed by atoms with Crippen LogP contribution in [-0.2, 0) is 27.9 Å². The van der Waals surface area contributed by atoms with Gasteiger partial charge in [-0.25, -0.2) is 4.57 Å². The maximum Gasteiger partial charge on any atom is 0.472 e. The molecule has 0 aliphatic heterocycles. The Morgan fingerprint density at radius 1 is 0.438 bits per heavy atom. The highest BCUT2D eigenvalue weighted by Crippen LogP contribution is 2.43. The van der Waals surface area contributed by atoms with E-state index in [-0.39, 0.29) is 31.5 Å². The quantitative estimate of drug-likeness (QED) is 0.0205. The fourth-order valence-electron chi connectivity index (χ4n) is 9.63. The zero-order valence-corrected chi connectivity index (χ0v) is 54.2. The summed E-state index contributed by atoms with van der Waals surface area (Å²) in [7, 11) is 1.48. The number of likely N-dealkylation sites (N-methyl/N-ethyl adjacent to an activating group) is 1. The van der Waals surface area contributed by atoms with Gasteiger partial charge in [-0.1, -0.05) is 267 Å². The molecular weight excluding hydrogens is 1010 g/mol. The predicted molar refractivity (Wildman–Crippen MR) is 346 cm³/mol. The number of unbranched alkanes of at least 4 members (excludes halogenated alkanes) is 35. The Hall–Kier alpha value is -2.55. The summed E-state index contributed by atoms with van der Waals surface area (Å²) in [5, 5.41) is 3.06. The fourth-order valence-corrected chi connectivity index (χ4v) is 10.4. The molecule has 466 valence electrons. The lowest BCUT2D eigenvalue weighted by Gasteiger charge is -2.27. The second-order valence-electron chi connectivity index (χ2n) is 24.0. The molecule has 80 heavy (non-hydrogen) atoms. The molecule has 0 fully saturated rings. The van der Waals surface area contributed by atoms with E-state index in [2.05, 4.69) is 86.8 Å². The van der Waals surface area contributed by atoms with Crippen molar-refractivity contribution in [1.29, 1.82) is 0 Å². The second kappa shape index (κ2) is 59.6. The number of quaternary nitrogens is 1. The average molecular weight is 1140 g/mol. The first-order valence-corrected chi connectivity index (χ1v) is 35.3. The molecule has 0 spiro atoms. The molecule has 0 aromatic rings. The molecule has 0 heterocycles. The molecule has 0 bridgehead atoms. The van der Waals surface area contributed by atoms with Crippen molar-refractivity contribution in [1.82, 2.24) is 5.32 Å². The number of hydrogen-bond acceptors (Lipinski definition) is 6. The van der Waals surface area contributed by atoms with Crippen molar-refractivity contribution >= 4 is 19.7 Å². The van der Waals surface area contributed by atoms with Gasteiger partial charge in [0.15, 0.2) is 0 Å². The highest BCUT2D eigenvalue weighted by atomic mass is 31.2. The Morgan fingerprint density at radius 3 is 1.16 bits per heavy atom. The Bertz CT molecular complexity index is 1600. The van der Waals surface area contributed by atoms with Gasteiger partial charge in [-0.2, -0.15) is 0 Å². The van der Waals surface area contributed by atoms with E-state index in [1.54, 1.807) is 0 Å². The Kier molecular flexibility index (Phi) is 57.7. The average Bonchev–Trinajstić information content (AvgIpc) is 3.42. The maximum atomic E-state index is 13.6. The third-order valence-corrected chi connectivity index (χ3v) is 15.9. The van der Waals surface area contributed by atoms with Gasteiger partial charge in [0.25, 0.3) is 0 Å². The van der Waals surface area contributed by atoms with Crippen molar-refractivity contribution < 1.29 is 37.3 Å². The van der Waals surface area contributed by atoms with Crippen molar-refractivity contribution in [2.45, 2.75) is 322 Å². The van der Waals surface area contributed by atoms with Crippen LogP contribution in [0.4, 0.5) is 0 Å². The third-order valence-electron chi connectivity index (χ3n) is 14.9. The second-order valence-corrected chi connectivity index (χ2v) is 25.4. The van der Waals surface area contributed by atoms with E-state index in [1.165, 1.54) is 186 Å². The number of carbonyl (C=O) groups is 2. The fraction of sp³-hybridized carbons (Fsp3) is 0.800. The third kappa shape index (κ3) is 60.1. The van der Waals surface area contributed by atoms with Gasteiger partial charge < -0.3 is 19.4 Å². The Balaban J connectivity index is 5.11. The smallest absolute Gasteiger partial charge is 0.456 e. The zero-order chi connectivity index (χ0) is 58.6. The van der Waals surface area contributed by atoms with Gasteiger partial charge in [-0.05, 0) is 102 Å². The van der Waals surface area contributed by atoms with Gasteiger partial charge in [0.05, 0.1) is 33.8 Å². The SMILES string of the molecule is CCCCC/C=C\C/C=C\C/C=C\CCCCCCC(=O)OC(/C=C\CCCCCCCCCCCC)C(COP(=O)(O)OCC[N+](C)(C)C)NC(=O)CCCCCCCCCCCCCCCCC/C=C\C/C=C\CCCCC. The van der Waals surface area contributed by atoms with Gasteiger partial charge >= 0.3 is 13.8 Å². The number of ether oxygens (including phenoxy) is 1. The molecule has 2 N–H and O–H groups in total. The van der Waals surface area contributed by atoms with Crippen LogP contribution in [0.3, 0.4) is 0 Å². The van der Waals surface area contributed by atoms with Crippen LogP contribution in [0.25, 0.3) is 0 Å². The van der Waals surface area contributed by atoms with Gasteiger partial charge in [0.1, 0.15) is 19.3 Å². The summed E-state index contributed by atoms with van der Waals surface area (Å²) in [5.41, 5.74) is 0. The van der Waals surface area contributed by atoms with Crippen LogP contribution in [0.5, 0.6) is 0 Å². The van der Waals surface area contributed by atoms with Crippen LogP contribution in [0.15, 0.2) is 72.9 Å². The molecule has 0 aromatic heterocycles. The molecule has 0 saturated carbocycles. The lowest BCUT2D eigenvalue weighted by molar-refractivity contribution is -0.870. The van der Waals surface area contributed by atoms with Crippen LogP contribution in [-0.4, -0.2) is 74.3 Å². The maximum absolute atomic E-state index is 13.6. The molecule has 0 radical (unpaired) electrons. The summed E-state index contributed by atoms with van der Waals surface area (Å²) in [6.45, 7) is 6.97. The van der Waals surface area contributed by atoms with E-state index in [9.17, 15) is 19.0 Å². The standard InChI is InChI=1S/C70H129N2O7P/c1-7-10-13-16-19-22-25-28-30-32-33-34-35-36-37-38-39-41-42-44-47-50-53-56-59-62-69(73)71-67(66-78-80(75,76)77-65-64-72(4,5)6)68(61-58-55-52-49-46-27-24-21-18-15-12-9-3)79-70(74)63-60-57-54-51-48-45-43-40-31-29-26-23-20-17-14-11-8-2/h19-20,22-23,28-31,43,45,58,61,67-68H,7-18,21,24-27,32-42,44,46-57,59-60,62-66H2,1-6H3,(H-,71,73,75,76)/p+1/b22-19-,23-20-,30-28-,31-29-,45-43-,61-58-. The minimum absolute atomic E-state index is 0.0352. The van der Waals surface area contributed by atoms with Crippen molar-refractivity contribution in [3.8, 4) is 0 Å². The molecule has 0 rings (SSSR count). The van der Waals surface area contributed by atoms with Gasteiger partial charge in [-0.15, -0.1) is 0 Å². The minimum Gasteiger partial charge on any atom is -0.456 e. The summed E-state index contributed by atoms with van der Waals surface area (Å²) in [6, 6.07) is -0.860. The number of carbonyl (C=O) groups excluding carboxylic acids is 2. The van der Waals surface area contributed by atoms with Crippen molar-refractivity contribution in [2.75, 3.05) is 40.9 Å². The van der Waals surface area contributed by atoms with E-state index in [4.69, 9.17) is 13.8 Å². The van der Waals surface area contributed by atoms with Gasteiger partial charge in [0.2, 0.25) is 5.91 Å². The first kappa shape index (κ1) is 77.5. The topological polar surface area (TPSA) is 111 Å². The molecular formula is C70H130N2O7P+. The first-order chi connectivity index (χ1) is 38.9. The Morgan fingerprint density at radius 2 is 0.762 bits per heavy atom. The number of hydrogen-bond donors (Lipinski definition) is 2. The minimum atomic E-state index is -4.46. The lowest BCUT2D eigenvalue weighted by atomic mass is 10.0. The number of esters is 1.